The van der Waals surface area contributed by atoms with E-state index >= 15 is 0 Å². The van der Waals surface area contributed by atoms with Gasteiger partial charge in [0.05, 0.1) is 19.4 Å². The van der Waals surface area contributed by atoms with Crippen LogP contribution in [0.4, 0.5) is 0 Å². The molecule has 5 saturated heterocycles. The zero-order chi connectivity index (χ0) is 16.7. The van der Waals surface area contributed by atoms with Crippen LogP contribution in [0.5, 0.6) is 0 Å². The summed E-state index contributed by atoms with van der Waals surface area (Å²) in [4.78, 5) is 7.64. The van der Waals surface area contributed by atoms with E-state index in [0.717, 1.165) is 58.9 Å². The Morgan fingerprint density at radius 1 is 0.960 bits per heavy atom. The lowest BCUT2D eigenvalue weighted by atomic mass is 10.2. The van der Waals surface area contributed by atoms with Gasteiger partial charge in [0.2, 0.25) is 0 Å². The highest BCUT2D eigenvalue weighted by molar-refractivity contribution is 4.97. The summed E-state index contributed by atoms with van der Waals surface area (Å²) in [7, 11) is 0. The molecule has 0 aromatic carbocycles. The highest BCUT2D eigenvalue weighted by Crippen LogP contribution is 2.41. The second-order valence-electron chi connectivity index (χ2n) is 7.82. The lowest BCUT2D eigenvalue weighted by molar-refractivity contribution is -0.321. The molecular weight excluding hydrogens is 320 g/mol. The van der Waals surface area contributed by atoms with Gasteiger partial charge < -0.3 is 14.8 Å². The lowest BCUT2D eigenvalue weighted by Crippen LogP contribution is -2.73. The van der Waals surface area contributed by atoms with Crippen LogP contribution in [0.1, 0.15) is 32.1 Å². The third-order valence-corrected chi connectivity index (χ3v) is 6.35. The number of rotatable bonds is 4. The molecule has 5 heterocycles. The molecule has 0 amide bonds. The Bertz CT molecular complexity index is 440. The molecular formula is C17H32N6O2. The maximum atomic E-state index is 6.71. The molecule has 0 radical (unpaired) electrons. The van der Waals surface area contributed by atoms with Crippen LogP contribution < -0.4 is 10.7 Å². The van der Waals surface area contributed by atoms with Gasteiger partial charge >= 0.3 is 0 Å². The first kappa shape index (κ1) is 16.8. The van der Waals surface area contributed by atoms with Crippen molar-refractivity contribution < 1.29 is 9.47 Å². The number of nitrogens with one attached hydrogen (secondary N) is 2. The Balaban J connectivity index is 1.51. The fourth-order valence-corrected chi connectivity index (χ4v) is 5.19. The van der Waals surface area contributed by atoms with E-state index in [1.165, 1.54) is 32.4 Å². The Morgan fingerprint density at radius 3 is 2.56 bits per heavy atom. The first-order valence-corrected chi connectivity index (χ1v) is 10.1. The SMILES string of the molecule is C1COC(N2C(N3CCCC3)COC2(N2CCNC2)N2CCCN2)C1. The zero-order valence-corrected chi connectivity index (χ0v) is 15.2. The second-order valence-corrected chi connectivity index (χ2v) is 7.82. The molecule has 0 saturated carbocycles. The quantitative estimate of drug-likeness (QED) is 0.707. The largest absolute Gasteiger partial charge is 0.363 e. The van der Waals surface area contributed by atoms with Crippen LogP contribution in [0.15, 0.2) is 0 Å². The first-order chi connectivity index (χ1) is 12.4. The molecule has 25 heavy (non-hydrogen) atoms. The molecule has 142 valence electrons. The summed E-state index contributed by atoms with van der Waals surface area (Å²) in [5.41, 5.74) is 3.60. The van der Waals surface area contributed by atoms with Crippen molar-refractivity contribution in [3.8, 4) is 0 Å². The molecule has 5 rings (SSSR count). The monoisotopic (exact) mass is 352 g/mol. The topological polar surface area (TPSA) is 55.5 Å². The maximum Gasteiger partial charge on any atom is 0.260 e. The van der Waals surface area contributed by atoms with E-state index in [1.807, 2.05) is 0 Å². The van der Waals surface area contributed by atoms with Crippen molar-refractivity contribution in [1.29, 1.82) is 0 Å². The lowest BCUT2D eigenvalue weighted by Gasteiger charge is -2.51. The molecule has 2 N–H and O–H groups in total. The molecule has 0 spiro atoms. The van der Waals surface area contributed by atoms with Gasteiger partial charge in [0.15, 0.2) is 0 Å². The molecule has 5 fully saturated rings. The smallest absolute Gasteiger partial charge is 0.260 e. The Morgan fingerprint density at radius 2 is 1.88 bits per heavy atom. The number of likely N-dealkylation sites (tertiary alicyclic amines) is 1. The number of hydrogen-bond acceptors (Lipinski definition) is 8. The van der Waals surface area contributed by atoms with Gasteiger partial charge in [-0.25, -0.2) is 9.80 Å². The van der Waals surface area contributed by atoms with Crippen LogP contribution >= 0.6 is 0 Å². The normalized spacial score (nSPS) is 42.2. The second kappa shape index (κ2) is 7.01. The molecule has 0 aliphatic carbocycles. The Kier molecular flexibility index (Phi) is 4.72. The first-order valence-electron chi connectivity index (χ1n) is 10.1. The molecule has 0 bridgehead atoms. The van der Waals surface area contributed by atoms with E-state index in [1.54, 1.807) is 0 Å². The van der Waals surface area contributed by atoms with Gasteiger partial charge in [-0.15, -0.1) is 0 Å². The van der Waals surface area contributed by atoms with E-state index < -0.39 is 5.97 Å². The van der Waals surface area contributed by atoms with Crippen molar-refractivity contribution >= 4 is 0 Å². The van der Waals surface area contributed by atoms with Gasteiger partial charge in [-0.2, -0.15) is 5.01 Å². The molecule has 5 aliphatic rings. The fraction of sp³-hybridized carbons (Fsp3) is 1.00. The van der Waals surface area contributed by atoms with Gasteiger partial charge in [0.25, 0.3) is 5.97 Å². The van der Waals surface area contributed by atoms with Crippen molar-refractivity contribution in [3.05, 3.63) is 0 Å². The average molecular weight is 352 g/mol. The van der Waals surface area contributed by atoms with Crippen LogP contribution in [0.3, 0.4) is 0 Å². The highest BCUT2D eigenvalue weighted by atomic mass is 16.6. The van der Waals surface area contributed by atoms with Crippen molar-refractivity contribution in [1.82, 2.24) is 30.5 Å². The molecule has 3 unspecified atom stereocenters. The maximum absolute atomic E-state index is 6.71. The standard InChI is InChI=1S/C17H32N6O2/c1-2-9-20(8-1)15-13-25-17(21-11-7-18-14-21,22-10-4-6-19-22)23(15)16-5-3-12-24-16/h15-16,18-19H,1-14H2. The van der Waals surface area contributed by atoms with E-state index in [4.69, 9.17) is 9.47 Å². The fourth-order valence-electron chi connectivity index (χ4n) is 5.19. The third-order valence-electron chi connectivity index (χ3n) is 6.35. The van der Waals surface area contributed by atoms with Crippen molar-refractivity contribution in [3.63, 3.8) is 0 Å². The van der Waals surface area contributed by atoms with Crippen LogP contribution in [0.2, 0.25) is 0 Å². The van der Waals surface area contributed by atoms with Gasteiger partial charge in [0, 0.05) is 32.8 Å². The minimum atomic E-state index is -0.526. The highest BCUT2D eigenvalue weighted by Gasteiger charge is 2.61. The van der Waals surface area contributed by atoms with E-state index in [-0.39, 0.29) is 6.23 Å². The molecule has 0 aromatic heterocycles. The average Bonchev–Trinajstić information content (AvgIpc) is 3.49. The Labute approximate surface area is 150 Å². The summed E-state index contributed by atoms with van der Waals surface area (Å²) in [6.07, 6.45) is 6.48. The summed E-state index contributed by atoms with van der Waals surface area (Å²) in [6.45, 7) is 8.93. The minimum Gasteiger partial charge on any atom is -0.363 e. The van der Waals surface area contributed by atoms with Gasteiger partial charge in [-0.1, -0.05) is 0 Å². The van der Waals surface area contributed by atoms with Gasteiger partial charge in [0.1, 0.15) is 6.23 Å². The number of hydrazine groups is 1. The van der Waals surface area contributed by atoms with E-state index in [2.05, 4.69) is 30.5 Å². The molecule has 8 nitrogen and oxygen atoms in total. The molecule has 5 aliphatic heterocycles. The van der Waals surface area contributed by atoms with Crippen LogP contribution in [-0.4, -0.2) is 97.2 Å². The van der Waals surface area contributed by atoms with E-state index in [0.29, 0.717) is 6.17 Å². The summed E-state index contributed by atoms with van der Waals surface area (Å²) < 4.78 is 12.9. The zero-order valence-electron chi connectivity index (χ0n) is 15.2. The summed E-state index contributed by atoms with van der Waals surface area (Å²) in [5, 5.41) is 5.85. The van der Waals surface area contributed by atoms with E-state index in [9.17, 15) is 0 Å². The van der Waals surface area contributed by atoms with Crippen LogP contribution in [0, 0.1) is 0 Å². The predicted molar refractivity (Wildman–Crippen MR) is 93.0 cm³/mol. The molecule has 8 heteroatoms. The molecule has 0 aromatic rings. The molecule has 3 atom stereocenters. The van der Waals surface area contributed by atoms with Crippen molar-refractivity contribution in [2.45, 2.75) is 50.5 Å². The summed E-state index contributed by atoms with van der Waals surface area (Å²) in [5.74, 6) is -0.526. The number of nitrogens with zero attached hydrogens (tertiary/aromatic N) is 4. The van der Waals surface area contributed by atoms with Crippen molar-refractivity contribution in [2.75, 3.05) is 59.2 Å². The van der Waals surface area contributed by atoms with Gasteiger partial charge in [-0.3, -0.25) is 10.3 Å². The van der Waals surface area contributed by atoms with Gasteiger partial charge in [-0.05, 0) is 45.2 Å². The summed E-state index contributed by atoms with van der Waals surface area (Å²) >= 11 is 0. The van der Waals surface area contributed by atoms with Crippen molar-refractivity contribution in [2.24, 2.45) is 0 Å². The summed E-state index contributed by atoms with van der Waals surface area (Å²) in [6, 6.07) is 0. The third kappa shape index (κ3) is 2.74. The van der Waals surface area contributed by atoms with Crippen LogP contribution in [0.25, 0.3) is 0 Å². The minimum absolute atomic E-state index is 0.149. The Hall–Kier alpha value is -0.320. The number of hydrogen-bond donors (Lipinski definition) is 2. The predicted octanol–water partition coefficient (Wildman–Crippen LogP) is -0.439. The number of ether oxygens (including phenoxy) is 2. The van der Waals surface area contributed by atoms with Crippen LogP contribution in [-0.2, 0) is 9.47 Å².